The standard InChI is InChI=1S/C19H25N3OS/c20-10-16-15-6-3-7-17(15)24-19(16)21-18(23)12-22-9-8-13-4-1-2-5-14(13)11-22/h13-14H,1-9,11-12H2,(H,21,23)/p+1/t13-,14+/m0/s1. The number of aryl methyl sites for hydroxylation is 1. The van der Waals surface area contributed by atoms with Gasteiger partial charge in [-0.15, -0.1) is 11.3 Å². The molecule has 0 bridgehead atoms. The molecule has 1 unspecified atom stereocenters. The minimum atomic E-state index is 0.0793. The van der Waals surface area contributed by atoms with Crippen molar-refractivity contribution in [2.24, 2.45) is 11.8 Å². The Morgan fingerprint density at radius 3 is 2.88 bits per heavy atom. The van der Waals surface area contributed by atoms with Gasteiger partial charge in [0, 0.05) is 10.8 Å². The van der Waals surface area contributed by atoms with E-state index in [2.05, 4.69) is 11.4 Å². The minimum Gasteiger partial charge on any atom is -0.327 e. The van der Waals surface area contributed by atoms with Crippen LogP contribution in [0.4, 0.5) is 5.00 Å². The quantitative estimate of drug-likeness (QED) is 0.883. The Balaban J connectivity index is 1.37. The highest BCUT2D eigenvalue weighted by Crippen LogP contribution is 2.38. The summed E-state index contributed by atoms with van der Waals surface area (Å²) in [5, 5.41) is 13.3. The summed E-state index contributed by atoms with van der Waals surface area (Å²) >= 11 is 1.62. The largest absolute Gasteiger partial charge is 0.327 e. The van der Waals surface area contributed by atoms with Gasteiger partial charge in [-0.3, -0.25) is 4.79 Å². The van der Waals surface area contributed by atoms with Crippen molar-refractivity contribution in [3.8, 4) is 6.07 Å². The fourth-order valence-electron chi connectivity index (χ4n) is 4.96. The van der Waals surface area contributed by atoms with Crippen LogP contribution in [0.5, 0.6) is 0 Å². The van der Waals surface area contributed by atoms with Crippen LogP contribution in [-0.4, -0.2) is 25.5 Å². The predicted octanol–water partition coefficient (Wildman–Crippen LogP) is 2.14. The number of quaternary nitrogens is 1. The van der Waals surface area contributed by atoms with Gasteiger partial charge in [-0.05, 0) is 50.0 Å². The minimum absolute atomic E-state index is 0.0793. The molecule has 3 atom stereocenters. The Bertz CT molecular complexity index is 675. The van der Waals surface area contributed by atoms with E-state index in [0.717, 1.165) is 54.8 Å². The molecule has 128 valence electrons. The van der Waals surface area contributed by atoms with Crippen molar-refractivity contribution in [3.05, 3.63) is 16.0 Å². The van der Waals surface area contributed by atoms with Gasteiger partial charge in [0.05, 0.1) is 18.7 Å². The summed E-state index contributed by atoms with van der Waals surface area (Å²) in [5.41, 5.74) is 1.91. The van der Waals surface area contributed by atoms with Gasteiger partial charge in [-0.1, -0.05) is 12.8 Å². The normalized spacial score (nSPS) is 28.7. The maximum absolute atomic E-state index is 12.5. The lowest BCUT2D eigenvalue weighted by atomic mass is 9.75. The molecular formula is C19H26N3OS+. The second-order valence-electron chi connectivity index (χ2n) is 7.70. The molecule has 1 aliphatic heterocycles. The summed E-state index contributed by atoms with van der Waals surface area (Å²) in [7, 11) is 0. The molecule has 2 aliphatic carbocycles. The monoisotopic (exact) mass is 344 g/mol. The smallest absolute Gasteiger partial charge is 0.280 e. The first-order valence-electron chi connectivity index (χ1n) is 9.42. The second-order valence-corrected chi connectivity index (χ2v) is 8.80. The van der Waals surface area contributed by atoms with E-state index in [1.54, 1.807) is 11.3 Å². The fourth-order valence-corrected chi connectivity index (χ4v) is 6.22. The SMILES string of the molecule is N#Cc1c(NC(=O)C[NH+]2CC[C@@H]3CCCC[C@@H]3C2)sc2c1CCC2. The summed E-state index contributed by atoms with van der Waals surface area (Å²) in [6.45, 7) is 2.83. The number of nitriles is 1. The molecule has 3 aliphatic rings. The third-order valence-corrected chi connectivity index (χ3v) is 7.39. The van der Waals surface area contributed by atoms with Gasteiger partial charge >= 0.3 is 0 Å². The highest BCUT2D eigenvalue weighted by molar-refractivity contribution is 7.16. The number of carbonyl (C=O) groups excluding carboxylic acids is 1. The van der Waals surface area contributed by atoms with Crippen molar-refractivity contribution in [1.29, 1.82) is 5.26 Å². The molecular weight excluding hydrogens is 318 g/mol. The van der Waals surface area contributed by atoms with E-state index in [1.165, 1.54) is 47.4 Å². The third-order valence-electron chi connectivity index (χ3n) is 6.18. The van der Waals surface area contributed by atoms with Gasteiger partial charge in [-0.25, -0.2) is 0 Å². The molecule has 2 heterocycles. The van der Waals surface area contributed by atoms with Gasteiger partial charge in [0.1, 0.15) is 11.1 Å². The molecule has 1 aromatic rings. The Labute approximate surface area is 147 Å². The van der Waals surface area contributed by atoms with E-state index in [9.17, 15) is 10.1 Å². The maximum Gasteiger partial charge on any atom is 0.280 e. The van der Waals surface area contributed by atoms with Crippen LogP contribution in [-0.2, 0) is 17.6 Å². The highest BCUT2D eigenvalue weighted by atomic mass is 32.1. The van der Waals surface area contributed by atoms with Gasteiger partial charge in [-0.2, -0.15) is 5.26 Å². The van der Waals surface area contributed by atoms with Crippen molar-refractivity contribution in [1.82, 2.24) is 0 Å². The molecule has 0 spiro atoms. The number of amides is 1. The highest BCUT2D eigenvalue weighted by Gasteiger charge is 2.34. The zero-order chi connectivity index (χ0) is 16.5. The van der Waals surface area contributed by atoms with Gasteiger partial charge < -0.3 is 10.2 Å². The molecule has 1 amide bonds. The molecule has 2 fully saturated rings. The Hall–Kier alpha value is -1.38. The number of piperidine rings is 1. The average molecular weight is 345 g/mol. The second kappa shape index (κ2) is 6.85. The molecule has 0 aromatic carbocycles. The first kappa shape index (κ1) is 16.1. The number of hydrogen-bond donors (Lipinski definition) is 2. The van der Waals surface area contributed by atoms with Crippen LogP contribution >= 0.6 is 11.3 Å². The molecule has 1 saturated heterocycles. The summed E-state index contributed by atoms with van der Waals surface area (Å²) in [6.07, 6.45) is 10.00. The Kier molecular flexibility index (Phi) is 4.60. The van der Waals surface area contributed by atoms with Crippen molar-refractivity contribution < 1.29 is 9.69 Å². The van der Waals surface area contributed by atoms with Crippen LogP contribution in [0.1, 0.15) is 54.5 Å². The number of rotatable bonds is 3. The molecule has 5 heteroatoms. The Morgan fingerprint density at radius 1 is 1.21 bits per heavy atom. The number of carbonyl (C=O) groups is 1. The topological polar surface area (TPSA) is 57.3 Å². The Morgan fingerprint density at radius 2 is 2.04 bits per heavy atom. The summed E-state index contributed by atoms with van der Waals surface area (Å²) in [4.78, 5) is 15.2. The van der Waals surface area contributed by atoms with Gasteiger partial charge in [0.15, 0.2) is 6.54 Å². The average Bonchev–Trinajstić information content (AvgIpc) is 3.15. The first-order chi connectivity index (χ1) is 11.7. The molecule has 1 saturated carbocycles. The zero-order valence-electron chi connectivity index (χ0n) is 14.2. The lowest BCUT2D eigenvalue weighted by Crippen LogP contribution is -3.15. The zero-order valence-corrected chi connectivity index (χ0v) is 15.0. The summed E-state index contributed by atoms with van der Waals surface area (Å²) in [5.74, 6) is 1.82. The van der Waals surface area contributed by atoms with Crippen LogP contribution in [0, 0.1) is 23.2 Å². The third kappa shape index (κ3) is 3.10. The van der Waals surface area contributed by atoms with E-state index in [1.807, 2.05) is 0 Å². The van der Waals surface area contributed by atoms with E-state index in [-0.39, 0.29) is 5.91 Å². The van der Waals surface area contributed by atoms with E-state index >= 15 is 0 Å². The van der Waals surface area contributed by atoms with E-state index in [4.69, 9.17) is 0 Å². The van der Waals surface area contributed by atoms with Crippen molar-refractivity contribution in [2.45, 2.75) is 51.4 Å². The number of thiophene rings is 1. The lowest BCUT2D eigenvalue weighted by molar-refractivity contribution is -0.902. The van der Waals surface area contributed by atoms with Crippen LogP contribution in [0.15, 0.2) is 0 Å². The summed E-state index contributed by atoms with van der Waals surface area (Å²) < 4.78 is 0. The molecule has 0 radical (unpaired) electrons. The first-order valence-corrected chi connectivity index (χ1v) is 10.2. The van der Waals surface area contributed by atoms with E-state index in [0.29, 0.717) is 6.54 Å². The van der Waals surface area contributed by atoms with Crippen LogP contribution in [0.3, 0.4) is 0 Å². The molecule has 4 rings (SSSR count). The predicted molar refractivity (Wildman–Crippen MR) is 95.3 cm³/mol. The van der Waals surface area contributed by atoms with Crippen molar-refractivity contribution in [3.63, 3.8) is 0 Å². The van der Waals surface area contributed by atoms with Crippen LogP contribution < -0.4 is 10.2 Å². The number of anilines is 1. The van der Waals surface area contributed by atoms with Gasteiger partial charge in [0.25, 0.3) is 5.91 Å². The number of nitrogens with one attached hydrogen (secondary N) is 2. The van der Waals surface area contributed by atoms with Gasteiger partial charge in [0.2, 0.25) is 0 Å². The molecule has 2 N–H and O–H groups in total. The number of fused-ring (bicyclic) bond motifs is 2. The molecule has 24 heavy (non-hydrogen) atoms. The molecule has 1 aromatic heterocycles. The lowest BCUT2D eigenvalue weighted by Gasteiger charge is -2.38. The molecule has 4 nitrogen and oxygen atoms in total. The number of likely N-dealkylation sites (tertiary alicyclic amines) is 1. The van der Waals surface area contributed by atoms with Crippen LogP contribution in [0.25, 0.3) is 0 Å². The van der Waals surface area contributed by atoms with Crippen molar-refractivity contribution >= 4 is 22.2 Å². The number of nitrogens with zero attached hydrogens (tertiary/aromatic N) is 1. The van der Waals surface area contributed by atoms with Crippen molar-refractivity contribution in [2.75, 3.05) is 25.0 Å². The maximum atomic E-state index is 12.5. The van der Waals surface area contributed by atoms with Crippen LogP contribution in [0.2, 0.25) is 0 Å². The summed E-state index contributed by atoms with van der Waals surface area (Å²) in [6, 6.07) is 2.31. The van der Waals surface area contributed by atoms with E-state index < -0.39 is 0 Å². The number of hydrogen-bond acceptors (Lipinski definition) is 3. The fraction of sp³-hybridized carbons (Fsp3) is 0.684.